The molecular formula is C14H15FN2O3. The topological polar surface area (TPSA) is 75.4 Å². The van der Waals surface area contributed by atoms with Gasteiger partial charge in [0.2, 0.25) is 0 Å². The highest BCUT2D eigenvalue weighted by Crippen LogP contribution is 2.29. The van der Waals surface area contributed by atoms with Crippen molar-refractivity contribution in [1.29, 1.82) is 0 Å². The molecule has 2 N–H and O–H groups in total. The van der Waals surface area contributed by atoms with Crippen LogP contribution in [0.2, 0.25) is 0 Å². The molecular weight excluding hydrogens is 263 g/mol. The summed E-state index contributed by atoms with van der Waals surface area (Å²) >= 11 is 0. The molecule has 5 nitrogen and oxygen atoms in total. The maximum Gasteiger partial charge on any atom is 0.357 e. The van der Waals surface area contributed by atoms with Crippen LogP contribution in [0.4, 0.5) is 4.39 Å². The van der Waals surface area contributed by atoms with Crippen LogP contribution in [-0.4, -0.2) is 26.0 Å². The molecule has 20 heavy (non-hydrogen) atoms. The summed E-state index contributed by atoms with van der Waals surface area (Å²) in [4.78, 5) is 11.1. The largest absolute Gasteiger partial charge is 0.476 e. The van der Waals surface area contributed by atoms with Crippen molar-refractivity contribution in [3.63, 3.8) is 0 Å². The third-order valence-electron chi connectivity index (χ3n) is 3.00. The molecule has 1 aromatic carbocycles. The van der Waals surface area contributed by atoms with Crippen LogP contribution in [0.1, 0.15) is 29.9 Å². The van der Waals surface area contributed by atoms with Gasteiger partial charge in [-0.05, 0) is 25.5 Å². The normalized spacial score (nSPS) is 11.7. The predicted octanol–water partition coefficient (Wildman–Crippen LogP) is 2.15. The fourth-order valence-corrected chi connectivity index (χ4v) is 1.96. The minimum Gasteiger partial charge on any atom is -0.476 e. The van der Waals surface area contributed by atoms with E-state index < -0.39 is 17.4 Å². The molecule has 0 bridgehead atoms. The Morgan fingerprint density at radius 3 is 2.50 bits per heavy atom. The van der Waals surface area contributed by atoms with E-state index in [0.717, 1.165) is 0 Å². The lowest BCUT2D eigenvalue weighted by Gasteiger charge is -2.18. The summed E-state index contributed by atoms with van der Waals surface area (Å²) < 4.78 is 15.5. The minimum absolute atomic E-state index is 0.142. The number of aryl methyl sites for hydroxylation is 1. The molecule has 6 heteroatoms. The number of aromatic nitrogens is 2. The fourth-order valence-electron chi connectivity index (χ4n) is 1.96. The summed E-state index contributed by atoms with van der Waals surface area (Å²) in [6, 6.07) is 4.22. The summed E-state index contributed by atoms with van der Waals surface area (Å²) in [6.07, 6.45) is 1.45. The van der Waals surface area contributed by atoms with Gasteiger partial charge >= 0.3 is 5.97 Å². The molecule has 0 saturated carbocycles. The van der Waals surface area contributed by atoms with E-state index in [4.69, 9.17) is 5.11 Å². The lowest BCUT2D eigenvalue weighted by Crippen LogP contribution is -2.15. The highest BCUT2D eigenvalue weighted by molar-refractivity contribution is 5.93. The molecule has 0 aliphatic heterocycles. The van der Waals surface area contributed by atoms with Gasteiger partial charge in [-0.25, -0.2) is 9.18 Å². The van der Waals surface area contributed by atoms with Crippen LogP contribution < -0.4 is 0 Å². The number of benzene rings is 1. The molecule has 106 valence electrons. The Morgan fingerprint density at radius 1 is 1.35 bits per heavy atom. The number of halogens is 1. The first-order valence-corrected chi connectivity index (χ1v) is 6.00. The van der Waals surface area contributed by atoms with Crippen molar-refractivity contribution in [3.05, 3.63) is 41.5 Å². The van der Waals surface area contributed by atoms with Crippen molar-refractivity contribution in [2.24, 2.45) is 7.05 Å². The summed E-state index contributed by atoms with van der Waals surface area (Å²) in [5, 5.41) is 22.7. The van der Waals surface area contributed by atoms with Crippen LogP contribution in [0.25, 0.3) is 11.1 Å². The SMILES string of the molecule is Cn1cc(-c2ccc(C(C)(C)O)cc2F)c(C(=O)O)n1. The van der Waals surface area contributed by atoms with Gasteiger partial charge in [0, 0.05) is 24.4 Å². The number of aromatic carboxylic acids is 1. The van der Waals surface area contributed by atoms with Gasteiger partial charge in [-0.1, -0.05) is 12.1 Å². The van der Waals surface area contributed by atoms with Gasteiger partial charge in [0.15, 0.2) is 5.69 Å². The molecule has 1 aromatic heterocycles. The molecule has 0 radical (unpaired) electrons. The predicted molar refractivity (Wildman–Crippen MR) is 70.8 cm³/mol. The van der Waals surface area contributed by atoms with Crippen LogP contribution in [0.5, 0.6) is 0 Å². The molecule has 0 atom stereocenters. The van der Waals surface area contributed by atoms with Gasteiger partial charge in [-0.3, -0.25) is 4.68 Å². The Labute approximate surface area is 115 Å². The number of hydrogen-bond acceptors (Lipinski definition) is 3. The highest BCUT2D eigenvalue weighted by atomic mass is 19.1. The maximum absolute atomic E-state index is 14.2. The summed E-state index contributed by atoms with van der Waals surface area (Å²) in [5.41, 5.74) is -0.602. The molecule has 0 aliphatic rings. The number of nitrogens with zero attached hydrogens (tertiary/aromatic N) is 2. The van der Waals surface area contributed by atoms with E-state index in [1.165, 1.54) is 23.0 Å². The number of aliphatic hydroxyl groups is 1. The third-order valence-corrected chi connectivity index (χ3v) is 3.00. The minimum atomic E-state index is -1.22. The molecule has 0 amide bonds. The maximum atomic E-state index is 14.2. The second-order valence-electron chi connectivity index (χ2n) is 5.12. The van der Waals surface area contributed by atoms with Crippen molar-refractivity contribution in [3.8, 4) is 11.1 Å². The molecule has 2 aromatic rings. The van der Waals surface area contributed by atoms with Crippen LogP contribution in [0.3, 0.4) is 0 Å². The van der Waals surface area contributed by atoms with Crippen molar-refractivity contribution in [2.45, 2.75) is 19.4 Å². The molecule has 0 saturated heterocycles. The molecule has 0 aliphatic carbocycles. The smallest absolute Gasteiger partial charge is 0.357 e. The zero-order valence-electron chi connectivity index (χ0n) is 11.4. The van der Waals surface area contributed by atoms with Gasteiger partial charge in [0.05, 0.1) is 5.60 Å². The van der Waals surface area contributed by atoms with E-state index in [-0.39, 0.29) is 16.8 Å². The Morgan fingerprint density at radius 2 is 2.00 bits per heavy atom. The van der Waals surface area contributed by atoms with Gasteiger partial charge in [-0.15, -0.1) is 0 Å². The number of rotatable bonds is 3. The number of carboxylic acids is 1. The quantitative estimate of drug-likeness (QED) is 0.902. The summed E-state index contributed by atoms with van der Waals surface area (Å²) in [6.45, 7) is 3.10. The van der Waals surface area contributed by atoms with E-state index in [2.05, 4.69) is 5.10 Å². The monoisotopic (exact) mass is 278 g/mol. The van der Waals surface area contributed by atoms with E-state index in [9.17, 15) is 14.3 Å². The van der Waals surface area contributed by atoms with Crippen molar-refractivity contribution < 1.29 is 19.4 Å². The van der Waals surface area contributed by atoms with E-state index in [1.54, 1.807) is 27.0 Å². The van der Waals surface area contributed by atoms with Crippen LogP contribution >= 0.6 is 0 Å². The summed E-state index contributed by atoms with van der Waals surface area (Å²) in [5.74, 6) is -1.81. The standard InChI is InChI=1S/C14H15FN2O3/c1-14(2,20)8-4-5-9(11(15)6-8)10-7-17(3)16-12(10)13(18)19/h4-7,20H,1-3H3,(H,18,19). The first-order chi connectivity index (χ1) is 9.20. The lowest BCUT2D eigenvalue weighted by atomic mass is 9.95. The number of hydrogen-bond donors (Lipinski definition) is 2. The second-order valence-corrected chi connectivity index (χ2v) is 5.12. The number of carboxylic acid groups (broad SMARTS) is 1. The van der Waals surface area contributed by atoms with Gasteiger partial charge in [0.25, 0.3) is 0 Å². The first-order valence-electron chi connectivity index (χ1n) is 6.00. The Balaban J connectivity index is 2.57. The van der Waals surface area contributed by atoms with Crippen molar-refractivity contribution >= 4 is 5.97 Å². The fraction of sp³-hybridized carbons (Fsp3) is 0.286. The highest BCUT2D eigenvalue weighted by Gasteiger charge is 2.22. The summed E-state index contributed by atoms with van der Waals surface area (Å²) in [7, 11) is 1.57. The molecule has 0 unspecified atom stereocenters. The van der Waals surface area contributed by atoms with Gasteiger partial charge < -0.3 is 10.2 Å². The average Bonchev–Trinajstić information content (AvgIpc) is 2.70. The zero-order valence-corrected chi connectivity index (χ0v) is 11.4. The van der Waals surface area contributed by atoms with Crippen LogP contribution in [0, 0.1) is 5.82 Å². The molecule has 0 spiro atoms. The second kappa shape index (κ2) is 4.72. The average molecular weight is 278 g/mol. The third kappa shape index (κ3) is 2.55. The molecule has 1 heterocycles. The van der Waals surface area contributed by atoms with E-state index in [0.29, 0.717) is 5.56 Å². The van der Waals surface area contributed by atoms with Crippen LogP contribution in [0.15, 0.2) is 24.4 Å². The van der Waals surface area contributed by atoms with E-state index >= 15 is 0 Å². The van der Waals surface area contributed by atoms with Gasteiger partial charge in [0.1, 0.15) is 5.82 Å². The number of carbonyl (C=O) groups is 1. The van der Waals surface area contributed by atoms with Crippen molar-refractivity contribution in [2.75, 3.05) is 0 Å². The zero-order chi connectivity index (χ0) is 15.1. The van der Waals surface area contributed by atoms with Crippen molar-refractivity contribution in [1.82, 2.24) is 9.78 Å². The lowest BCUT2D eigenvalue weighted by molar-refractivity contribution is 0.0689. The Bertz CT molecular complexity index is 672. The molecule has 0 fully saturated rings. The Hall–Kier alpha value is -2.21. The first kappa shape index (κ1) is 14.2. The molecule has 2 rings (SSSR count). The van der Waals surface area contributed by atoms with E-state index in [1.807, 2.05) is 0 Å². The van der Waals surface area contributed by atoms with Crippen LogP contribution in [-0.2, 0) is 12.6 Å². The van der Waals surface area contributed by atoms with Gasteiger partial charge in [-0.2, -0.15) is 5.10 Å². The Kier molecular flexibility index (Phi) is 3.35.